The number of carboxylic acids is 1. The van der Waals surface area contributed by atoms with Crippen LogP contribution in [-0.4, -0.2) is 35.5 Å². The van der Waals surface area contributed by atoms with Gasteiger partial charge in [0.1, 0.15) is 6.10 Å². The summed E-state index contributed by atoms with van der Waals surface area (Å²) in [6.45, 7) is 3.19. The Morgan fingerprint density at radius 2 is 1.52 bits per heavy atom. The Morgan fingerprint density at radius 1 is 0.960 bits per heavy atom. The van der Waals surface area contributed by atoms with Gasteiger partial charge in [0.2, 0.25) is 0 Å². The normalized spacial score (nSPS) is 16.2. The van der Waals surface area contributed by atoms with Gasteiger partial charge in [0.15, 0.2) is 0 Å². The van der Waals surface area contributed by atoms with Crippen molar-refractivity contribution < 1.29 is 19.7 Å². The summed E-state index contributed by atoms with van der Waals surface area (Å²) in [5.74, 6) is -0.671. The fraction of sp³-hybridized carbons (Fsp3) is 0.762. The van der Waals surface area contributed by atoms with Gasteiger partial charge in [0, 0.05) is 6.42 Å². The Balaban J connectivity index is 0.000000972. The van der Waals surface area contributed by atoms with Crippen molar-refractivity contribution in [3.63, 3.8) is 0 Å². The van der Waals surface area contributed by atoms with Gasteiger partial charge in [-0.15, -0.1) is 0 Å². The minimum absolute atomic E-state index is 0.190. The minimum Gasteiger partial charge on any atom is -0.481 e. The molecule has 1 unspecified atom stereocenters. The Morgan fingerprint density at radius 3 is 2.00 bits per heavy atom. The summed E-state index contributed by atoms with van der Waals surface area (Å²) in [4.78, 5) is 10.3. The van der Waals surface area contributed by atoms with Crippen LogP contribution in [0, 0.1) is 0 Å². The molecule has 1 heterocycles. The Labute approximate surface area is 154 Å². The maximum Gasteiger partial charge on any atom is 0.303 e. The van der Waals surface area contributed by atoms with E-state index in [9.17, 15) is 4.79 Å². The molecule has 0 amide bonds. The van der Waals surface area contributed by atoms with Gasteiger partial charge in [0.05, 0.1) is 13.2 Å². The van der Waals surface area contributed by atoms with Crippen molar-refractivity contribution >= 4 is 5.97 Å². The van der Waals surface area contributed by atoms with E-state index in [1.807, 2.05) is 0 Å². The van der Waals surface area contributed by atoms with Crippen LogP contribution in [0.4, 0.5) is 0 Å². The van der Waals surface area contributed by atoms with Crippen LogP contribution in [0.25, 0.3) is 0 Å². The first kappa shape index (κ1) is 23.9. The van der Waals surface area contributed by atoms with E-state index in [0.29, 0.717) is 6.42 Å². The molecule has 1 aliphatic heterocycles. The monoisotopic (exact) mass is 354 g/mol. The molecule has 0 aromatic heterocycles. The fourth-order valence-electron chi connectivity index (χ4n) is 2.26. The number of hydrogen-bond acceptors (Lipinski definition) is 3. The SMILES string of the molecule is CCCCC/C=C\C/C=C\CCCCCCCC(=O)O.OCC1CO1. The number of aliphatic carboxylic acids is 1. The predicted octanol–water partition coefficient (Wildman–Crippen LogP) is 5.26. The number of epoxide rings is 1. The van der Waals surface area contributed by atoms with E-state index < -0.39 is 5.97 Å². The van der Waals surface area contributed by atoms with Crippen molar-refractivity contribution in [3.8, 4) is 0 Å². The second-order valence-electron chi connectivity index (χ2n) is 6.51. The van der Waals surface area contributed by atoms with E-state index >= 15 is 0 Å². The lowest BCUT2D eigenvalue weighted by Gasteiger charge is -1.98. The number of unbranched alkanes of at least 4 members (excludes halogenated alkanes) is 8. The van der Waals surface area contributed by atoms with Crippen LogP contribution in [0.2, 0.25) is 0 Å². The second kappa shape index (κ2) is 19.2. The smallest absolute Gasteiger partial charge is 0.303 e. The number of carboxylic acid groups (broad SMARTS) is 1. The minimum atomic E-state index is -0.671. The second-order valence-corrected chi connectivity index (χ2v) is 6.51. The number of ether oxygens (including phenoxy) is 1. The van der Waals surface area contributed by atoms with Crippen molar-refractivity contribution in [2.75, 3.05) is 13.2 Å². The van der Waals surface area contributed by atoms with Crippen LogP contribution in [0.1, 0.15) is 84.0 Å². The molecule has 0 radical (unpaired) electrons. The van der Waals surface area contributed by atoms with Crippen molar-refractivity contribution in [2.45, 2.75) is 90.1 Å². The molecule has 0 aromatic rings. The van der Waals surface area contributed by atoms with E-state index in [0.717, 1.165) is 32.3 Å². The van der Waals surface area contributed by atoms with Crippen molar-refractivity contribution in [3.05, 3.63) is 24.3 Å². The van der Waals surface area contributed by atoms with Gasteiger partial charge in [0.25, 0.3) is 0 Å². The quantitative estimate of drug-likeness (QED) is 0.239. The zero-order chi connectivity index (χ0) is 18.6. The summed E-state index contributed by atoms with van der Waals surface area (Å²) in [7, 11) is 0. The third kappa shape index (κ3) is 22.9. The molecule has 1 saturated heterocycles. The third-order valence-electron chi connectivity index (χ3n) is 3.95. The maximum atomic E-state index is 10.3. The molecule has 0 bridgehead atoms. The van der Waals surface area contributed by atoms with Gasteiger partial charge in [-0.05, 0) is 38.5 Å². The van der Waals surface area contributed by atoms with Crippen LogP contribution >= 0.6 is 0 Å². The third-order valence-corrected chi connectivity index (χ3v) is 3.95. The summed E-state index contributed by atoms with van der Waals surface area (Å²) in [5.41, 5.74) is 0. The molecule has 1 rings (SSSR count). The first-order valence-electron chi connectivity index (χ1n) is 9.95. The number of aliphatic hydroxyl groups is 1. The van der Waals surface area contributed by atoms with Gasteiger partial charge < -0.3 is 14.9 Å². The topological polar surface area (TPSA) is 70.1 Å². The molecule has 146 valence electrons. The molecule has 1 atom stereocenters. The average molecular weight is 355 g/mol. The molecule has 0 aliphatic carbocycles. The molecule has 4 heteroatoms. The lowest BCUT2D eigenvalue weighted by molar-refractivity contribution is -0.137. The lowest BCUT2D eigenvalue weighted by Crippen LogP contribution is -1.93. The summed E-state index contributed by atoms with van der Waals surface area (Å²) >= 11 is 0. The van der Waals surface area contributed by atoms with Crippen LogP contribution < -0.4 is 0 Å². The highest BCUT2D eigenvalue weighted by Crippen LogP contribution is 2.08. The Hall–Kier alpha value is -1.13. The molecule has 2 N–H and O–H groups in total. The summed E-state index contributed by atoms with van der Waals surface area (Å²) < 4.78 is 4.61. The highest BCUT2D eigenvalue weighted by molar-refractivity contribution is 5.66. The van der Waals surface area contributed by atoms with Crippen LogP contribution in [0.15, 0.2) is 24.3 Å². The van der Waals surface area contributed by atoms with Crippen LogP contribution in [-0.2, 0) is 9.53 Å². The largest absolute Gasteiger partial charge is 0.481 e. The van der Waals surface area contributed by atoms with E-state index in [2.05, 4.69) is 36.0 Å². The van der Waals surface area contributed by atoms with Crippen molar-refractivity contribution in [1.29, 1.82) is 0 Å². The predicted molar refractivity (Wildman–Crippen MR) is 104 cm³/mol. The number of hydrogen-bond donors (Lipinski definition) is 2. The van der Waals surface area contributed by atoms with Crippen molar-refractivity contribution in [2.24, 2.45) is 0 Å². The highest BCUT2D eigenvalue weighted by atomic mass is 16.6. The van der Waals surface area contributed by atoms with E-state index in [4.69, 9.17) is 10.2 Å². The zero-order valence-corrected chi connectivity index (χ0v) is 16.0. The first-order chi connectivity index (χ1) is 12.2. The van der Waals surface area contributed by atoms with Gasteiger partial charge in [-0.1, -0.05) is 63.3 Å². The number of allylic oxidation sites excluding steroid dienone is 4. The Kier molecular flexibility index (Phi) is 18.3. The molecule has 1 aliphatic rings. The van der Waals surface area contributed by atoms with E-state index in [1.165, 1.54) is 44.9 Å². The lowest BCUT2D eigenvalue weighted by atomic mass is 10.1. The fourth-order valence-corrected chi connectivity index (χ4v) is 2.26. The Bertz CT molecular complexity index is 346. The number of aliphatic hydroxyl groups excluding tert-OH is 1. The summed E-state index contributed by atoms with van der Waals surface area (Å²) in [5, 5.41) is 16.6. The van der Waals surface area contributed by atoms with Gasteiger partial charge in [-0.3, -0.25) is 4.79 Å². The van der Waals surface area contributed by atoms with Crippen LogP contribution in [0.5, 0.6) is 0 Å². The molecule has 4 nitrogen and oxygen atoms in total. The van der Waals surface area contributed by atoms with Crippen LogP contribution in [0.3, 0.4) is 0 Å². The average Bonchev–Trinajstić information content (AvgIpc) is 3.43. The van der Waals surface area contributed by atoms with Gasteiger partial charge >= 0.3 is 5.97 Å². The van der Waals surface area contributed by atoms with Gasteiger partial charge in [-0.25, -0.2) is 0 Å². The highest BCUT2D eigenvalue weighted by Gasteiger charge is 2.19. The molecular formula is C21H38O4. The summed E-state index contributed by atoms with van der Waals surface area (Å²) in [6.07, 6.45) is 22.5. The van der Waals surface area contributed by atoms with E-state index in [1.54, 1.807) is 0 Å². The summed E-state index contributed by atoms with van der Waals surface area (Å²) in [6, 6.07) is 0. The first-order valence-corrected chi connectivity index (χ1v) is 9.95. The van der Waals surface area contributed by atoms with Crippen molar-refractivity contribution in [1.82, 2.24) is 0 Å². The molecule has 0 spiro atoms. The zero-order valence-electron chi connectivity index (χ0n) is 16.0. The molecule has 0 saturated carbocycles. The number of rotatable bonds is 15. The molecule has 0 aromatic carbocycles. The molecule has 25 heavy (non-hydrogen) atoms. The molecular weight excluding hydrogens is 316 g/mol. The number of carbonyl (C=O) groups is 1. The maximum absolute atomic E-state index is 10.3. The van der Waals surface area contributed by atoms with Gasteiger partial charge in [-0.2, -0.15) is 0 Å². The molecule has 1 fully saturated rings. The standard InChI is InChI=1S/C18H32O2.C3H6O2/c1-2-3-4-5-6-7-8-9-10-11-12-13-14-15-16-17-18(19)20;4-1-3-2-5-3/h6-7,9-10H,2-5,8,11-17H2,1H3,(H,19,20);3-4H,1-2H2/b7-6-,10-9-;. The van der Waals surface area contributed by atoms with E-state index in [-0.39, 0.29) is 12.7 Å².